The van der Waals surface area contributed by atoms with E-state index in [2.05, 4.69) is 5.32 Å². The molecule has 0 aliphatic heterocycles. The number of ether oxygens (including phenoxy) is 1. The van der Waals surface area contributed by atoms with E-state index in [0.717, 1.165) is 24.0 Å². The Morgan fingerprint density at radius 1 is 1.36 bits per heavy atom. The van der Waals surface area contributed by atoms with Crippen molar-refractivity contribution in [2.24, 2.45) is 0 Å². The summed E-state index contributed by atoms with van der Waals surface area (Å²) in [7, 11) is 0. The molecule has 5 nitrogen and oxygen atoms in total. The Hall–Kier alpha value is -1.59. The highest BCUT2D eigenvalue weighted by molar-refractivity contribution is 5.66. The smallest absolute Gasteiger partial charge is 0.302 e. The first-order chi connectivity index (χ1) is 10.6. The van der Waals surface area contributed by atoms with E-state index in [-0.39, 0.29) is 24.4 Å². The van der Waals surface area contributed by atoms with Crippen molar-refractivity contribution in [2.45, 2.75) is 63.8 Å². The number of carbonyl (C=O) groups is 1. The summed E-state index contributed by atoms with van der Waals surface area (Å²) in [6.07, 6.45) is 4.63. The fourth-order valence-electron chi connectivity index (χ4n) is 3.33. The molecular formula is C17H23NO4. The zero-order chi connectivity index (χ0) is 15.7. The average molecular weight is 305 g/mol. The zero-order valence-electron chi connectivity index (χ0n) is 12.8. The molecule has 3 N–H and O–H groups in total. The molecule has 2 aliphatic carbocycles. The maximum Gasteiger partial charge on any atom is 0.302 e. The number of benzene rings is 1. The summed E-state index contributed by atoms with van der Waals surface area (Å²) < 4.78 is 5.03. The van der Waals surface area contributed by atoms with E-state index in [4.69, 9.17) is 4.74 Å². The predicted octanol–water partition coefficient (Wildman–Crippen LogP) is 1.95. The number of carbonyl (C=O) groups excluding carboxylic acids is 1. The minimum absolute atomic E-state index is 0.0534. The van der Waals surface area contributed by atoms with E-state index in [1.54, 1.807) is 12.1 Å². The lowest BCUT2D eigenvalue weighted by Gasteiger charge is -2.37. The lowest BCUT2D eigenvalue weighted by atomic mass is 9.81. The lowest BCUT2D eigenvalue weighted by Crippen LogP contribution is -2.47. The molecule has 0 amide bonds. The van der Waals surface area contributed by atoms with Crippen LogP contribution >= 0.6 is 0 Å². The number of aliphatic hydroxyl groups is 1. The third-order valence-electron chi connectivity index (χ3n) is 4.82. The number of esters is 1. The lowest BCUT2D eigenvalue weighted by molar-refractivity contribution is -0.142. The third kappa shape index (κ3) is 2.96. The SMILES string of the molecule is CC(=O)OCc1c(O)ccc2c1CC[C@@H](NC1CCC1)[C@@H]2O. The van der Waals surface area contributed by atoms with Crippen LogP contribution in [0.3, 0.4) is 0 Å². The first-order valence-electron chi connectivity index (χ1n) is 7.97. The maximum absolute atomic E-state index is 11.0. The van der Waals surface area contributed by atoms with Gasteiger partial charge >= 0.3 is 5.97 Å². The van der Waals surface area contributed by atoms with Gasteiger partial charge in [0.2, 0.25) is 0 Å². The van der Waals surface area contributed by atoms with Crippen molar-refractivity contribution in [3.05, 3.63) is 28.8 Å². The van der Waals surface area contributed by atoms with Gasteiger partial charge in [-0.25, -0.2) is 0 Å². The quantitative estimate of drug-likeness (QED) is 0.741. The standard InChI is InChI=1S/C17H23NO4/c1-10(19)22-9-14-12-5-7-15(18-11-3-2-4-11)17(21)13(12)6-8-16(14)20/h6,8,11,15,17-18,20-21H,2-5,7,9H2,1H3/t15-,17-/m1/s1. The van der Waals surface area contributed by atoms with Crippen molar-refractivity contribution in [3.63, 3.8) is 0 Å². The van der Waals surface area contributed by atoms with Gasteiger partial charge in [0.25, 0.3) is 0 Å². The summed E-state index contributed by atoms with van der Waals surface area (Å²) in [6.45, 7) is 1.40. The van der Waals surface area contributed by atoms with Crippen molar-refractivity contribution < 1.29 is 19.7 Å². The Labute approximate surface area is 130 Å². The van der Waals surface area contributed by atoms with Gasteiger partial charge in [0, 0.05) is 24.6 Å². The molecule has 1 saturated carbocycles. The van der Waals surface area contributed by atoms with Crippen molar-refractivity contribution >= 4 is 5.97 Å². The summed E-state index contributed by atoms with van der Waals surface area (Å²) >= 11 is 0. The Morgan fingerprint density at radius 3 is 2.77 bits per heavy atom. The fraction of sp³-hybridized carbons (Fsp3) is 0.588. The van der Waals surface area contributed by atoms with Crippen molar-refractivity contribution in [2.75, 3.05) is 0 Å². The van der Waals surface area contributed by atoms with Crippen molar-refractivity contribution in [1.82, 2.24) is 5.32 Å². The molecule has 22 heavy (non-hydrogen) atoms. The molecule has 1 aromatic rings. The van der Waals surface area contributed by atoms with Crippen molar-refractivity contribution in [3.8, 4) is 5.75 Å². The molecule has 3 rings (SSSR count). The summed E-state index contributed by atoms with van der Waals surface area (Å²) in [5.74, 6) is -0.254. The first-order valence-corrected chi connectivity index (χ1v) is 7.97. The first kappa shape index (κ1) is 15.3. The van der Waals surface area contributed by atoms with Crippen LogP contribution in [0.2, 0.25) is 0 Å². The van der Waals surface area contributed by atoms with E-state index in [9.17, 15) is 15.0 Å². The number of phenols is 1. The van der Waals surface area contributed by atoms with Crippen LogP contribution in [0.1, 0.15) is 55.4 Å². The number of aromatic hydroxyl groups is 1. The van der Waals surface area contributed by atoms with Crippen LogP contribution < -0.4 is 5.32 Å². The molecule has 0 aromatic heterocycles. The molecule has 0 heterocycles. The molecule has 2 atom stereocenters. The van der Waals surface area contributed by atoms with E-state index >= 15 is 0 Å². The Balaban J connectivity index is 1.80. The molecule has 5 heteroatoms. The summed E-state index contributed by atoms with van der Waals surface area (Å²) in [6, 6.07) is 3.94. The molecule has 2 aliphatic rings. The molecule has 120 valence electrons. The van der Waals surface area contributed by atoms with Gasteiger partial charge in [0.1, 0.15) is 12.4 Å². The molecule has 0 bridgehead atoms. The second-order valence-electron chi connectivity index (χ2n) is 6.30. The molecule has 0 spiro atoms. The van der Waals surface area contributed by atoms with Crippen LogP contribution in [-0.4, -0.2) is 28.3 Å². The molecule has 0 radical (unpaired) electrons. The molecule has 1 fully saturated rings. The number of phenolic OH excluding ortho intramolecular Hbond substituents is 1. The average Bonchev–Trinajstić information content (AvgIpc) is 2.43. The Morgan fingerprint density at radius 2 is 2.14 bits per heavy atom. The largest absolute Gasteiger partial charge is 0.508 e. The molecule has 0 saturated heterocycles. The van der Waals surface area contributed by atoms with E-state index < -0.39 is 6.10 Å². The normalized spacial score (nSPS) is 24.5. The second-order valence-corrected chi connectivity index (χ2v) is 6.30. The van der Waals surface area contributed by atoms with Gasteiger partial charge in [0.15, 0.2) is 0 Å². The third-order valence-corrected chi connectivity index (χ3v) is 4.82. The number of hydrogen-bond acceptors (Lipinski definition) is 5. The van der Waals surface area contributed by atoms with Crippen LogP contribution in [0, 0.1) is 0 Å². The van der Waals surface area contributed by atoms with Crippen LogP contribution in [0.5, 0.6) is 5.75 Å². The Kier molecular flexibility index (Phi) is 4.36. The Bertz CT molecular complexity index is 568. The molecule has 1 aromatic carbocycles. The minimum atomic E-state index is -0.582. The van der Waals surface area contributed by atoms with Gasteiger partial charge in [-0.3, -0.25) is 4.79 Å². The highest BCUT2D eigenvalue weighted by atomic mass is 16.5. The summed E-state index contributed by atoms with van der Waals surface area (Å²) in [5, 5.41) is 24.2. The van der Waals surface area contributed by atoms with Gasteiger partial charge < -0.3 is 20.3 Å². The van der Waals surface area contributed by atoms with E-state index in [1.807, 2.05) is 0 Å². The fourth-order valence-corrected chi connectivity index (χ4v) is 3.33. The molecular weight excluding hydrogens is 282 g/mol. The maximum atomic E-state index is 11.0. The van der Waals surface area contributed by atoms with Crippen molar-refractivity contribution in [1.29, 1.82) is 0 Å². The van der Waals surface area contributed by atoms with Gasteiger partial charge in [0.05, 0.1) is 6.10 Å². The summed E-state index contributed by atoms with van der Waals surface area (Å²) in [4.78, 5) is 11.0. The van der Waals surface area contributed by atoms with Gasteiger partial charge in [-0.15, -0.1) is 0 Å². The highest BCUT2D eigenvalue weighted by Crippen LogP contribution is 2.37. The molecule has 0 unspecified atom stereocenters. The minimum Gasteiger partial charge on any atom is -0.508 e. The van der Waals surface area contributed by atoms with Crippen LogP contribution in [0.15, 0.2) is 12.1 Å². The monoisotopic (exact) mass is 305 g/mol. The number of aliphatic hydroxyl groups excluding tert-OH is 1. The number of hydrogen-bond donors (Lipinski definition) is 3. The zero-order valence-corrected chi connectivity index (χ0v) is 12.8. The van der Waals surface area contributed by atoms with Gasteiger partial charge in [-0.2, -0.15) is 0 Å². The number of fused-ring (bicyclic) bond motifs is 1. The second kappa shape index (κ2) is 6.26. The van der Waals surface area contributed by atoms with Gasteiger partial charge in [-0.05, 0) is 42.9 Å². The highest BCUT2D eigenvalue weighted by Gasteiger charge is 2.32. The van der Waals surface area contributed by atoms with Crippen LogP contribution in [-0.2, 0) is 22.6 Å². The number of nitrogens with one attached hydrogen (secondary N) is 1. The predicted molar refractivity (Wildman–Crippen MR) is 81.4 cm³/mol. The topological polar surface area (TPSA) is 78.8 Å². The van der Waals surface area contributed by atoms with Crippen LogP contribution in [0.25, 0.3) is 0 Å². The van der Waals surface area contributed by atoms with E-state index in [0.29, 0.717) is 11.6 Å². The number of rotatable bonds is 4. The summed E-state index contributed by atoms with van der Waals surface area (Å²) in [5.41, 5.74) is 2.37. The van der Waals surface area contributed by atoms with Gasteiger partial charge in [-0.1, -0.05) is 12.5 Å². The van der Waals surface area contributed by atoms with E-state index in [1.165, 1.54) is 26.2 Å². The van der Waals surface area contributed by atoms with Crippen LogP contribution in [0.4, 0.5) is 0 Å².